The number of hydrogen-bond donors (Lipinski definition) is 1. The van der Waals surface area contributed by atoms with Crippen LogP contribution in [-0.4, -0.2) is 35.6 Å². The minimum atomic E-state index is -5.54. The van der Waals surface area contributed by atoms with E-state index in [1.54, 1.807) is 0 Å². The Morgan fingerprint density at radius 3 is 2.08 bits per heavy atom. The molecule has 0 spiro atoms. The first kappa shape index (κ1) is 21.7. The molecular formula is C12H18F7O4P. The summed E-state index contributed by atoms with van der Waals surface area (Å²) in [5, 5.41) is 0. The molecule has 0 radical (unpaired) electrons. The highest BCUT2D eigenvalue weighted by molar-refractivity contribution is 7.47. The summed E-state index contributed by atoms with van der Waals surface area (Å²) in [6.45, 7) is -0.314. The lowest BCUT2D eigenvalue weighted by Gasteiger charge is -2.33. The number of alkyl halides is 7. The van der Waals surface area contributed by atoms with Gasteiger partial charge in [-0.25, -0.2) is 4.57 Å². The van der Waals surface area contributed by atoms with E-state index in [2.05, 4.69) is 9.05 Å². The zero-order chi connectivity index (χ0) is 18.6. The molecule has 0 aromatic carbocycles. The number of phosphoric acid groups is 1. The van der Waals surface area contributed by atoms with Gasteiger partial charge in [-0.1, -0.05) is 25.7 Å². The third-order valence-corrected chi connectivity index (χ3v) is 4.47. The van der Waals surface area contributed by atoms with Gasteiger partial charge in [0.1, 0.15) is 12.5 Å². The molecule has 0 saturated carbocycles. The van der Waals surface area contributed by atoms with Gasteiger partial charge in [0.25, 0.3) is 0 Å². The Bertz CT molecular complexity index is 455. The van der Waals surface area contributed by atoms with Crippen molar-refractivity contribution >= 4 is 7.82 Å². The first-order valence-corrected chi connectivity index (χ1v) is 8.74. The minimum Gasteiger partial charge on any atom is -0.302 e. The first-order valence-electron chi connectivity index (χ1n) is 7.25. The largest absolute Gasteiger partial charge is 0.472 e. The van der Waals surface area contributed by atoms with Gasteiger partial charge in [0.05, 0.1) is 6.61 Å². The van der Waals surface area contributed by atoms with E-state index in [1.165, 1.54) is 0 Å². The molecule has 4 nitrogen and oxygen atoms in total. The Hall–Kier alpha value is -0.380. The average Bonchev–Trinajstić information content (AvgIpc) is 2.40. The van der Waals surface area contributed by atoms with Gasteiger partial charge in [-0.05, 0) is 12.8 Å². The summed E-state index contributed by atoms with van der Waals surface area (Å²) in [6, 6.07) is 0. The third-order valence-electron chi connectivity index (χ3n) is 3.44. The van der Waals surface area contributed by atoms with E-state index in [1.807, 2.05) is 0 Å². The van der Waals surface area contributed by atoms with Gasteiger partial charge in [-0.15, -0.1) is 0 Å². The predicted octanol–water partition coefficient (Wildman–Crippen LogP) is 5.07. The fourth-order valence-electron chi connectivity index (χ4n) is 2.24. The molecule has 0 aliphatic carbocycles. The van der Waals surface area contributed by atoms with Gasteiger partial charge >= 0.3 is 25.8 Å². The molecule has 0 aromatic heterocycles. The molecule has 2 atom stereocenters. The van der Waals surface area contributed by atoms with Crippen LogP contribution >= 0.6 is 7.82 Å². The van der Waals surface area contributed by atoms with Crippen LogP contribution in [0.15, 0.2) is 0 Å². The van der Waals surface area contributed by atoms with Gasteiger partial charge in [-0.3, -0.25) is 9.05 Å². The van der Waals surface area contributed by atoms with E-state index in [0.717, 1.165) is 0 Å². The molecule has 1 rings (SSSR count). The van der Waals surface area contributed by atoms with Gasteiger partial charge < -0.3 is 4.89 Å². The van der Waals surface area contributed by atoms with Crippen molar-refractivity contribution in [2.24, 2.45) is 0 Å². The van der Waals surface area contributed by atoms with Crippen LogP contribution in [0.1, 0.15) is 44.9 Å². The maximum Gasteiger partial charge on any atom is 0.472 e. The lowest BCUT2D eigenvalue weighted by atomic mass is 9.97. The van der Waals surface area contributed by atoms with Crippen LogP contribution in [0, 0.1) is 0 Å². The van der Waals surface area contributed by atoms with Gasteiger partial charge in [-0.2, -0.15) is 30.7 Å². The Kier molecular flexibility index (Phi) is 7.12. The number of hydrogen-bond acceptors (Lipinski definition) is 3. The zero-order valence-corrected chi connectivity index (χ0v) is 13.4. The second-order valence-corrected chi connectivity index (χ2v) is 6.98. The summed E-state index contributed by atoms with van der Waals surface area (Å²) >= 11 is 0. The number of phosphoric ester groups is 1. The normalized spacial score (nSPS) is 29.1. The molecule has 1 N–H and O–H groups in total. The average molecular weight is 390 g/mol. The highest BCUT2D eigenvalue weighted by Crippen LogP contribution is 2.52. The maximum atomic E-state index is 13.9. The summed E-state index contributed by atoms with van der Waals surface area (Å²) in [5.74, 6) is -10.8. The number of rotatable bonds is 3. The van der Waals surface area contributed by atoms with Crippen molar-refractivity contribution in [2.75, 3.05) is 6.61 Å². The van der Waals surface area contributed by atoms with E-state index >= 15 is 0 Å². The van der Waals surface area contributed by atoms with Gasteiger partial charge in [0.15, 0.2) is 0 Å². The molecule has 144 valence electrons. The summed E-state index contributed by atoms with van der Waals surface area (Å²) in [6.07, 6.45) is -10.6. The molecule has 1 aliphatic heterocycles. The van der Waals surface area contributed by atoms with Crippen molar-refractivity contribution in [3.63, 3.8) is 0 Å². The molecule has 0 amide bonds. The molecule has 12 heteroatoms. The second kappa shape index (κ2) is 7.88. The monoisotopic (exact) mass is 390 g/mol. The molecular weight excluding hydrogens is 372 g/mol. The highest BCUT2D eigenvalue weighted by atomic mass is 31.2. The molecule has 1 aliphatic rings. The van der Waals surface area contributed by atoms with E-state index in [-0.39, 0.29) is 13.0 Å². The van der Waals surface area contributed by atoms with Crippen molar-refractivity contribution in [2.45, 2.75) is 69.1 Å². The van der Waals surface area contributed by atoms with Crippen LogP contribution in [0.3, 0.4) is 0 Å². The Morgan fingerprint density at radius 2 is 1.50 bits per heavy atom. The lowest BCUT2D eigenvalue weighted by Crippen LogP contribution is -2.52. The molecule has 0 aromatic rings. The summed E-state index contributed by atoms with van der Waals surface area (Å²) in [4.78, 5) is 9.33. The molecule has 1 fully saturated rings. The van der Waals surface area contributed by atoms with Crippen LogP contribution < -0.4 is 0 Å². The number of halogens is 7. The summed E-state index contributed by atoms with van der Waals surface area (Å²) in [5.41, 5.74) is 0. The molecule has 1 saturated heterocycles. The molecule has 2 unspecified atom stereocenters. The molecule has 24 heavy (non-hydrogen) atoms. The quantitative estimate of drug-likeness (QED) is 0.540. The van der Waals surface area contributed by atoms with Crippen molar-refractivity contribution in [3.8, 4) is 0 Å². The Morgan fingerprint density at radius 1 is 0.958 bits per heavy atom. The molecule has 0 bridgehead atoms. The van der Waals surface area contributed by atoms with Crippen molar-refractivity contribution in [1.82, 2.24) is 0 Å². The van der Waals surface area contributed by atoms with Crippen molar-refractivity contribution in [1.29, 1.82) is 0 Å². The minimum absolute atomic E-state index is 0.0671. The third kappa shape index (κ3) is 6.50. The van der Waals surface area contributed by atoms with Crippen LogP contribution in [0.5, 0.6) is 0 Å². The van der Waals surface area contributed by atoms with Crippen LogP contribution in [0.2, 0.25) is 0 Å². The van der Waals surface area contributed by atoms with Crippen molar-refractivity contribution < 1.29 is 49.2 Å². The summed E-state index contributed by atoms with van der Waals surface area (Å²) < 4.78 is 111. The van der Waals surface area contributed by atoms with E-state index in [0.29, 0.717) is 25.7 Å². The van der Waals surface area contributed by atoms with Gasteiger partial charge in [0.2, 0.25) is 0 Å². The van der Waals surface area contributed by atoms with E-state index < -0.39 is 44.8 Å². The van der Waals surface area contributed by atoms with Crippen LogP contribution in [0.4, 0.5) is 30.7 Å². The standard InChI is InChI=1S/C12H18F7O4P/c13-10(14,8-11(15,16)17)12(18,19)9-6-4-2-1-3-5-7-22-24(20,21)23-9/h9H,1-8H2,(H,20,21). The fourth-order valence-corrected chi connectivity index (χ4v) is 3.22. The van der Waals surface area contributed by atoms with Crippen LogP contribution in [0.25, 0.3) is 0 Å². The maximum absolute atomic E-state index is 13.9. The Labute approximate surface area is 133 Å². The van der Waals surface area contributed by atoms with Crippen molar-refractivity contribution in [3.05, 3.63) is 0 Å². The zero-order valence-electron chi connectivity index (χ0n) is 12.5. The lowest BCUT2D eigenvalue weighted by molar-refractivity contribution is -0.288. The smallest absolute Gasteiger partial charge is 0.302 e. The van der Waals surface area contributed by atoms with E-state index in [4.69, 9.17) is 0 Å². The second-order valence-electron chi connectivity index (χ2n) is 5.57. The topological polar surface area (TPSA) is 55.8 Å². The Balaban J connectivity index is 3.02. The first-order chi connectivity index (χ1) is 10.8. The molecule has 1 heterocycles. The van der Waals surface area contributed by atoms with Crippen LogP contribution in [-0.2, 0) is 13.6 Å². The summed E-state index contributed by atoms with van der Waals surface area (Å²) in [7, 11) is -5.09. The van der Waals surface area contributed by atoms with Gasteiger partial charge in [0, 0.05) is 0 Å². The SMILES string of the molecule is O=P1(O)OCCCCCCCC(C(F)(F)C(F)(F)CC(F)(F)F)O1. The van der Waals surface area contributed by atoms with E-state index in [9.17, 15) is 40.2 Å². The predicted molar refractivity (Wildman–Crippen MR) is 68.9 cm³/mol. The fraction of sp³-hybridized carbons (Fsp3) is 1.00. The highest BCUT2D eigenvalue weighted by Gasteiger charge is 2.65.